The lowest BCUT2D eigenvalue weighted by molar-refractivity contribution is -0.118. The molecule has 3 aromatic rings. The van der Waals surface area contributed by atoms with Gasteiger partial charge in [-0.15, -0.1) is 0 Å². The quantitative estimate of drug-likeness (QED) is 0.674. The predicted molar refractivity (Wildman–Crippen MR) is 103 cm³/mol. The average molecular weight is 379 g/mol. The molecule has 1 fully saturated rings. The zero-order valence-electron chi connectivity index (χ0n) is 15.5. The predicted octanol–water partition coefficient (Wildman–Crippen LogP) is 2.57. The molecule has 1 aliphatic heterocycles. The van der Waals surface area contributed by atoms with Crippen molar-refractivity contribution in [3.05, 3.63) is 54.7 Å². The summed E-state index contributed by atoms with van der Waals surface area (Å²) in [6.07, 6.45) is 3.40. The number of pyridine rings is 1. The topological polar surface area (TPSA) is 93.4 Å². The summed E-state index contributed by atoms with van der Waals surface area (Å²) in [5, 5.41) is 6.93. The van der Waals surface area contributed by atoms with Gasteiger partial charge in [0.2, 0.25) is 17.6 Å². The van der Waals surface area contributed by atoms with Gasteiger partial charge in [0.15, 0.2) is 0 Å². The smallest absolute Gasteiger partial charge is 0.238 e. The van der Waals surface area contributed by atoms with Gasteiger partial charge in [-0.2, -0.15) is 4.98 Å². The van der Waals surface area contributed by atoms with E-state index in [2.05, 4.69) is 20.4 Å². The van der Waals surface area contributed by atoms with Crippen LogP contribution >= 0.6 is 0 Å². The Morgan fingerprint density at radius 3 is 2.93 bits per heavy atom. The Labute approximate surface area is 162 Å². The van der Waals surface area contributed by atoms with Crippen molar-refractivity contribution >= 4 is 11.6 Å². The zero-order chi connectivity index (χ0) is 19.3. The van der Waals surface area contributed by atoms with Crippen LogP contribution in [0, 0.1) is 0 Å². The van der Waals surface area contributed by atoms with E-state index in [1.807, 2.05) is 48.2 Å². The number of benzene rings is 1. The van der Waals surface area contributed by atoms with Gasteiger partial charge >= 0.3 is 0 Å². The molecule has 144 valence electrons. The number of nitrogens with one attached hydrogen (secondary N) is 1. The number of rotatable bonds is 7. The van der Waals surface area contributed by atoms with Crippen LogP contribution in [0.25, 0.3) is 11.4 Å². The molecule has 1 aromatic carbocycles. The second-order valence-corrected chi connectivity index (χ2v) is 6.57. The van der Waals surface area contributed by atoms with Crippen molar-refractivity contribution in [3.8, 4) is 17.1 Å². The van der Waals surface area contributed by atoms with Crippen molar-refractivity contribution in [1.82, 2.24) is 20.0 Å². The molecule has 0 saturated carbocycles. The van der Waals surface area contributed by atoms with Gasteiger partial charge in [0.1, 0.15) is 5.75 Å². The molecular formula is C20H21N5O3. The maximum Gasteiger partial charge on any atom is 0.238 e. The number of carbonyl (C=O) groups is 1. The SMILES string of the molecule is CCOc1ccccc1NC(=O)CN1CC(c2nc(-c3cccnc3)no2)C1. The van der Waals surface area contributed by atoms with E-state index in [-0.39, 0.29) is 11.8 Å². The first kappa shape index (κ1) is 18.1. The number of carbonyl (C=O) groups excluding carboxylic acids is 1. The van der Waals surface area contributed by atoms with E-state index in [1.165, 1.54) is 0 Å². The molecule has 1 N–H and O–H groups in total. The van der Waals surface area contributed by atoms with E-state index in [9.17, 15) is 4.79 Å². The second-order valence-electron chi connectivity index (χ2n) is 6.57. The number of aromatic nitrogens is 3. The Hall–Kier alpha value is -3.26. The van der Waals surface area contributed by atoms with E-state index in [1.54, 1.807) is 12.4 Å². The molecule has 8 nitrogen and oxygen atoms in total. The van der Waals surface area contributed by atoms with Gasteiger partial charge in [0.05, 0.1) is 24.8 Å². The van der Waals surface area contributed by atoms with Gasteiger partial charge in [0.25, 0.3) is 0 Å². The van der Waals surface area contributed by atoms with Crippen LogP contribution in [0.15, 0.2) is 53.3 Å². The highest BCUT2D eigenvalue weighted by atomic mass is 16.5. The minimum absolute atomic E-state index is 0.0767. The molecule has 4 rings (SSSR count). The third-order valence-corrected chi connectivity index (χ3v) is 4.50. The number of likely N-dealkylation sites (tertiary alicyclic amines) is 1. The van der Waals surface area contributed by atoms with Crippen LogP contribution < -0.4 is 10.1 Å². The number of anilines is 1. The van der Waals surface area contributed by atoms with Crippen LogP contribution in [0.5, 0.6) is 5.75 Å². The molecule has 1 amide bonds. The number of hydrogen-bond donors (Lipinski definition) is 1. The van der Waals surface area contributed by atoms with Crippen molar-refractivity contribution in [2.75, 3.05) is 31.6 Å². The lowest BCUT2D eigenvalue weighted by Crippen LogP contribution is -2.48. The molecule has 0 atom stereocenters. The Morgan fingerprint density at radius 2 is 2.14 bits per heavy atom. The molecule has 2 aromatic heterocycles. The van der Waals surface area contributed by atoms with E-state index < -0.39 is 0 Å². The number of amides is 1. The summed E-state index contributed by atoms with van der Waals surface area (Å²) < 4.78 is 10.9. The van der Waals surface area contributed by atoms with Crippen LogP contribution in [0.2, 0.25) is 0 Å². The number of hydrogen-bond acceptors (Lipinski definition) is 7. The molecule has 0 bridgehead atoms. The Kier molecular flexibility index (Phi) is 5.29. The third-order valence-electron chi connectivity index (χ3n) is 4.50. The first-order chi connectivity index (χ1) is 13.7. The summed E-state index contributed by atoms with van der Waals surface area (Å²) in [5.74, 6) is 1.87. The van der Waals surface area contributed by atoms with E-state index in [0.29, 0.717) is 49.4 Å². The summed E-state index contributed by atoms with van der Waals surface area (Å²) in [5.41, 5.74) is 1.51. The number of ether oxygens (including phenoxy) is 1. The highest BCUT2D eigenvalue weighted by Crippen LogP contribution is 2.28. The molecular weight excluding hydrogens is 358 g/mol. The van der Waals surface area contributed by atoms with E-state index in [0.717, 1.165) is 5.56 Å². The minimum atomic E-state index is -0.0767. The molecule has 0 spiro atoms. The highest BCUT2D eigenvalue weighted by molar-refractivity contribution is 5.93. The van der Waals surface area contributed by atoms with Crippen LogP contribution in [0.4, 0.5) is 5.69 Å². The summed E-state index contributed by atoms with van der Waals surface area (Å²) in [6.45, 7) is 4.17. The molecule has 0 unspecified atom stereocenters. The minimum Gasteiger partial charge on any atom is -0.492 e. The summed E-state index contributed by atoms with van der Waals surface area (Å²) >= 11 is 0. The fourth-order valence-electron chi connectivity index (χ4n) is 3.11. The monoisotopic (exact) mass is 379 g/mol. The first-order valence-corrected chi connectivity index (χ1v) is 9.21. The summed E-state index contributed by atoms with van der Waals surface area (Å²) in [6, 6.07) is 11.1. The van der Waals surface area contributed by atoms with Gasteiger partial charge in [-0.25, -0.2) is 0 Å². The molecule has 1 saturated heterocycles. The fraction of sp³-hybridized carbons (Fsp3) is 0.300. The number of nitrogens with zero attached hydrogens (tertiary/aromatic N) is 4. The molecule has 1 aliphatic rings. The van der Waals surface area contributed by atoms with Gasteiger partial charge in [-0.1, -0.05) is 17.3 Å². The Balaban J connectivity index is 1.29. The molecule has 8 heteroatoms. The maximum absolute atomic E-state index is 12.3. The van der Waals surface area contributed by atoms with Gasteiger partial charge in [-0.05, 0) is 31.2 Å². The van der Waals surface area contributed by atoms with Crippen molar-refractivity contribution in [3.63, 3.8) is 0 Å². The lowest BCUT2D eigenvalue weighted by atomic mass is 10.0. The zero-order valence-corrected chi connectivity index (χ0v) is 15.5. The lowest BCUT2D eigenvalue weighted by Gasteiger charge is -2.36. The van der Waals surface area contributed by atoms with Crippen molar-refractivity contribution in [1.29, 1.82) is 0 Å². The van der Waals surface area contributed by atoms with Gasteiger partial charge < -0.3 is 14.6 Å². The Bertz CT molecular complexity index is 938. The van der Waals surface area contributed by atoms with Crippen LogP contribution in [0.1, 0.15) is 18.7 Å². The maximum atomic E-state index is 12.3. The van der Waals surface area contributed by atoms with Crippen molar-refractivity contribution in [2.24, 2.45) is 0 Å². The van der Waals surface area contributed by atoms with E-state index >= 15 is 0 Å². The van der Waals surface area contributed by atoms with Crippen LogP contribution in [-0.2, 0) is 4.79 Å². The molecule has 0 aliphatic carbocycles. The molecule has 3 heterocycles. The highest BCUT2D eigenvalue weighted by Gasteiger charge is 2.33. The van der Waals surface area contributed by atoms with Crippen LogP contribution in [0.3, 0.4) is 0 Å². The standard InChI is InChI=1S/C20H21N5O3/c1-2-27-17-8-4-3-7-16(17)22-18(26)13-25-11-15(12-25)20-23-19(24-28-20)14-6-5-9-21-10-14/h3-10,15H,2,11-13H2,1H3,(H,22,26). The summed E-state index contributed by atoms with van der Waals surface area (Å²) in [7, 11) is 0. The van der Waals surface area contributed by atoms with Gasteiger partial charge in [-0.3, -0.25) is 14.7 Å². The largest absolute Gasteiger partial charge is 0.492 e. The molecule has 28 heavy (non-hydrogen) atoms. The second kappa shape index (κ2) is 8.18. The van der Waals surface area contributed by atoms with E-state index in [4.69, 9.17) is 9.26 Å². The van der Waals surface area contributed by atoms with Crippen LogP contribution in [-0.4, -0.2) is 52.2 Å². The normalized spacial score (nSPS) is 14.5. The van der Waals surface area contributed by atoms with Crippen molar-refractivity contribution < 1.29 is 14.1 Å². The summed E-state index contributed by atoms with van der Waals surface area (Å²) in [4.78, 5) is 22.9. The van der Waals surface area contributed by atoms with Gasteiger partial charge in [0, 0.05) is 31.0 Å². The van der Waals surface area contributed by atoms with Crippen molar-refractivity contribution in [2.45, 2.75) is 12.8 Å². The Morgan fingerprint density at radius 1 is 1.29 bits per heavy atom. The average Bonchev–Trinajstić information content (AvgIpc) is 3.16. The third kappa shape index (κ3) is 4.01. The first-order valence-electron chi connectivity index (χ1n) is 9.21. The number of para-hydroxylation sites is 2. The fourth-order valence-corrected chi connectivity index (χ4v) is 3.11. The molecule has 0 radical (unpaired) electrons.